The average molecular weight is 348 g/mol. The Bertz CT molecular complexity index is 919. The number of hydrogen-bond donors (Lipinski definition) is 2. The lowest BCUT2D eigenvalue weighted by Gasteiger charge is -2.10. The maximum atomic E-state index is 9.84. The maximum absolute atomic E-state index is 9.84. The van der Waals surface area contributed by atoms with Gasteiger partial charge < -0.3 is 20.3 Å². The monoisotopic (exact) mass is 347 g/mol. The number of phenols is 1. The number of nitrogen functional groups attached to an aromatic ring is 1. The van der Waals surface area contributed by atoms with Gasteiger partial charge in [0.1, 0.15) is 0 Å². The van der Waals surface area contributed by atoms with Gasteiger partial charge in [-0.2, -0.15) is 9.97 Å². The molecular formula is C15H14ClN5O3. The lowest BCUT2D eigenvalue weighted by molar-refractivity contribution is 0.330. The van der Waals surface area contributed by atoms with Crippen molar-refractivity contribution in [1.82, 2.24) is 19.9 Å². The van der Waals surface area contributed by atoms with E-state index in [2.05, 4.69) is 19.9 Å². The molecule has 0 saturated heterocycles. The third kappa shape index (κ3) is 2.83. The number of halogens is 1. The molecule has 3 rings (SSSR count). The third-order valence-corrected chi connectivity index (χ3v) is 3.51. The lowest BCUT2D eigenvalue weighted by Crippen LogP contribution is -2.04. The summed E-state index contributed by atoms with van der Waals surface area (Å²) >= 11 is 6.02. The Balaban J connectivity index is 2.19. The zero-order chi connectivity index (χ0) is 17.3. The van der Waals surface area contributed by atoms with E-state index in [1.807, 2.05) is 6.92 Å². The summed E-state index contributed by atoms with van der Waals surface area (Å²) in [7, 11) is 1.44. The van der Waals surface area contributed by atoms with E-state index in [9.17, 15) is 5.11 Å². The third-order valence-electron chi connectivity index (χ3n) is 3.22. The van der Waals surface area contributed by atoms with Crippen molar-refractivity contribution < 1.29 is 14.6 Å². The molecule has 3 aromatic rings. The zero-order valence-electron chi connectivity index (χ0n) is 12.9. The van der Waals surface area contributed by atoms with Crippen molar-refractivity contribution in [2.45, 2.75) is 6.92 Å². The number of fused-ring (bicyclic) bond motifs is 1. The molecule has 0 aliphatic rings. The van der Waals surface area contributed by atoms with Crippen LogP contribution in [0.2, 0.25) is 5.02 Å². The molecule has 0 atom stereocenters. The van der Waals surface area contributed by atoms with Crippen molar-refractivity contribution in [3.05, 3.63) is 23.4 Å². The standard InChI is InChI=1S/C15H14ClN5O3/c1-3-24-14-11-13(20-15(17)21-14)18-6-9(19-11)7-4-8(16)12(22)10(5-7)23-2/h4-6,22H,3H2,1-2H3,(H2,17,18,20,21). The van der Waals surface area contributed by atoms with Gasteiger partial charge in [0, 0.05) is 5.56 Å². The van der Waals surface area contributed by atoms with Gasteiger partial charge in [-0.15, -0.1) is 0 Å². The van der Waals surface area contributed by atoms with Gasteiger partial charge in [0.15, 0.2) is 22.7 Å². The van der Waals surface area contributed by atoms with Gasteiger partial charge in [0.25, 0.3) is 0 Å². The second kappa shape index (κ2) is 6.32. The van der Waals surface area contributed by atoms with Gasteiger partial charge in [-0.3, -0.25) is 0 Å². The number of aromatic nitrogens is 4. The number of benzene rings is 1. The largest absolute Gasteiger partial charge is 0.503 e. The molecule has 2 heterocycles. The molecule has 0 fully saturated rings. The highest BCUT2D eigenvalue weighted by atomic mass is 35.5. The number of hydrogen-bond acceptors (Lipinski definition) is 8. The van der Waals surface area contributed by atoms with E-state index >= 15 is 0 Å². The summed E-state index contributed by atoms with van der Waals surface area (Å²) in [6.45, 7) is 2.22. The van der Waals surface area contributed by atoms with Crippen LogP contribution in [0.25, 0.3) is 22.4 Å². The number of anilines is 1. The van der Waals surface area contributed by atoms with Crippen molar-refractivity contribution >= 4 is 28.7 Å². The molecule has 1 aromatic carbocycles. The average Bonchev–Trinajstić information content (AvgIpc) is 2.57. The minimum Gasteiger partial charge on any atom is -0.503 e. The molecule has 0 bridgehead atoms. The molecule has 8 nitrogen and oxygen atoms in total. The Morgan fingerprint density at radius 2 is 2.04 bits per heavy atom. The van der Waals surface area contributed by atoms with Crippen LogP contribution in [0, 0.1) is 0 Å². The molecule has 0 saturated carbocycles. The first-order valence-electron chi connectivity index (χ1n) is 7.03. The molecule has 0 unspecified atom stereocenters. The predicted octanol–water partition coefficient (Wildman–Crippen LogP) is 2.44. The van der Waals surface area contributed by atoms with Crippen molar-refractivity contribution in [3.63, 3.8) is 0 Å². The van der Waals surface area contributed by atoms with Crippen LogP contribution in [0.1, 0.15) is 6.92 Å². The van der Waals surface area contributed by atoms with Gasteiger partial charge in [-0.1, -0.05) is 11.6 Å². The minimum atomic E-state index is -0.136. The van der Waals surface area contributed by atoms with Gasteiger partial charge in [-0.05, 0) is 19.1 Å². The Morgan fingerprint density at radius 3 is 2.75 bits per heavy atom. The molecule has 3 N–H and O–H groups in total. The summed E-state index contributed by atoms with van der Waals surface area (Å²) in [4.78, 5) is 16.8. The summed E-state index contributed by atoms with van der Waals surface area (Å²) in [5.41, 5.74) is 7.46. The van der Waals surface area contributed by atoms with Crippen LogP contribution in [0.4, 0.5) is 5.95 Å². The Kier molecular flexibility index (Phi) is 4.22. The number of methoxy groups -OCH3 is 1. The quantitative estimate of drug-likeness (QED) is 0.739. The summed E-state index contributed by atoms with van der Waals surface area (Å²) in [5, 5.41) is 9.98. The van der Waals surface area contributed by atoms with Crippen LogP contribution < -0.4 is 15.2 Å². The normalized spacial score (nSPS) is 10.8. The maximum Gasteiger partial charge on any atom is 0.247 e. The number of nitrogens with two attached hydrogens (primary N) is 1. The summed E-state index contributed by atoms with van der Waals surface area (Å²) in [6.07, 6.45) is 1.52. The fourth-order valence-corrected chi connectivity index (χ4v) is 2.36. The highest BCUT2D eigenvalue weighted by Crippen LogP contribution is 2.38. The molecule has 2 aromatic heterocycles. The number of ether oxygens (including phenoxy) is 2. The zero-order valence-corrected chi connectivity index (χ0v) is 13.7. The number of rotatable bonds is 4. The molecule has 0 spiro atoms. The lowest BCUT2D eigenvalue weighted by atomic mass is 10.1. The van der Waals surface area contributed by atoms with Gasteiger partial charge >= 0.3 is 0 Å². The topological polar surface area (TPSA) is 116 Å². The number of nitrogens with zero attached hydrogens (tertiary/aromatic N) is 4. The van der Waals surface area contributed by atoms with Crippen molar-refractivity contribution in [2.24, 2.45) is 0 Å². The van der Waals surface area contributed by atoms with Crippen molar-refractivity contribution in [3.8, 4) is 28.6 Å². The summed E-state index contributed by atoms with van der Waals surface area (Å²) in [5.74, 6) is 0.411. The summed E-state index contributed by atoms with van der Waals surface area (Å²) in [6, 6.07) is 3.17. The van der Waals surface area contributed by atoms with E-state index in [-0.39, 0.29) is 28.3 Å². The number of phenolic OH excluding ortho intramolecular Hbond substituents is 1. The Labute approximate surface area is 142 Å². The molecule has 0 aliphatic heterocycles. The highest BCUT2D eigenvalue weighted by molar-refractivity contribution is 6.32. The molecular weight excluding hydrogens is 334 g/mol. The Hall–Kier alpha value is -2.87. The SMILES string of the molecule is CCOc1nc(N)nc2ncc(-c3cc(Cl)c(O)c(OC)c3)nc12. The smallest absolute Gasteiger partial charge is 0.247 e. The van der Waals surface area contributed by atoms with E-state index in [0.29, 0.717) is 29.0 Å². The van der Waals surface area contributed by atoms with Gasteiger partial charge in [0.2, 0.25) is 11.8 Å². The first-order chi connectivity index (χ1) is 11.5. The van der Waals surface area contributed by atoms with E-state index < -0.39 is 0 Å². The van der Waals surface area contributed by atoms with Crippen LogP contribution in [0.5, 0.6) is 17.4 Å². The second-order valence-corrected chi connectivity index (χ2v) is 5.16. The summed E-state index contributed by atoms with van der Waals surface area (Å²) < 4.78 is 10.6. The molecule has 9 heteroatoms. The second-order valence-electron chi connectivity index (χ2n) is 4.76. The molecule has 0 aliphatic carbocycles. The predicted molar refractivity (Wildman–Crippen MR) is 89.4 cm³/mol. The molecule has 0 radical (unpaired) electrons. The van der Waals surface area contributed by atoms with Crippen LogP contribution in [0.15, 0.2) is 18.3 Å². The first kappa shape index (κ1) is 16.0. The van der Waals surface area contributed by atoms with Gasteiger partial charge in [-0.25, -0.2) is 9.97 Å². The van der Waals surface area contributed by atoms with Crippen molar-refractivity contribution in [1.29, 1.82) is 0 Å². The van der Waals surface area contributed by atoms with E-state index in [0.717, 1.165) is 0 Å². The van der Waals surface area contributed by atoms with Crippen LogP contribution >= 0.6 is 11.6 Å². The molecule has 124 valence electrons. The van der Waals surface area contributed by atoms with Crippen LogP contribution in [-0.4, -0.2) is 38.8 Å². The van der Waals surface area contributed by atoms with E-state index in [4.69, 9.17) is 26.8 Å². The van der Waals surface area contributed by atoms with E-state index in [1.165, 1.54) is 13.3 Å². The number of aromatic hydroxyl groups is 1. The van der Waals surface area contributed by atoms with Crippen LogP contribution in [-0.2, 0) is 0 Å². The highest BCUT2D eigenvalue weighted by Gasteiger charge is 2.15. The molecule has 24 heavy (non-hydrogen) atoms. The van der Waals surface area contributed by atoms with Crippen LogP contribution in [0.3, 0.4) is 0 Å². The fraction of sp³-hybridized carbons (Fsp3) is 0.200. The molecule has 0 amide bonds. The first-order valence-corrected chi connectivity index (χ1v) is 7.41. The van der Waals surface area contributed by atoms with E-state index in [1.54, 1.807) is 12.1 Å². The van der Waals surface area contributed by atoms with Gasteiger partial charge in [0.05, 0.1) is 30.6 Å². The minimum absolute atomic E-state index is 0.0577. The Morgan fingerprint density at radius 1 is 1.25 bits per heavy atom. The fourth-order valence-electron chi connectivity index (χ4n) is 2.15. The van der Waals surface area contributed by atoms with Crippen molar-refractivity contribution in [2.75, 3.05) is 19.5 Å².